The van der Waals surface area contributed by atoms with Crippen LogP contribution in [-0.4, -0.2) is 21.1 Å². The molecule has 28 heavy (non-hydrogen) atoms. The van der Waals surface area contributed by atoms with Crippen LogP contribution in [0.4, 0.5) is 13.9 Å². The minimum atomic E-state index is -0.945. The van der Waals surface area contributed by atoms with Crippen LogP contribution in [0, 0.1) is 11.6 Å². The molecule has 4 aromatic rings. The van der Waals surface area contributed by atoms with Crippen molar-refractivity contribution in [3.05, 3.63) is 59.5 Å². The number of thioether (sulfide) groups is 1. The standard InChI is InChI=1S/C19H13F2N3O2S2/c1-10(28-19-23-14-4-2-3-5-16(14)26-19)17(25)24-18-22-15(9-27-18)11-6-7-12(20)13(21)8-11/h2-10H,1H3,(H,22,24,25)/t10-/m1/s1. The van der Waals surface area contributed by atoms with Crippen molar-refractivity contribution in [3.8, 4) is 11.3 Å². The number of nitrogens with zero attached hydrogens (tertiary/aromatic N) is 2. The Bertz CT molecular complexity index is 1130. The topological polar surface area (TPSA) is 68.0 Å². The first-order valence-corrected chi connectivity index (χ1v) is 9.99. The molecule has 0 bridgehead atoms. The third-order valence-corrected chi connectivity index (χ3v) is 5.57. The van der Waals surface area contributed by atoms with Gasteiger partial charge in [-0.3, -0.25) is 4.79 Å². The first-order valence-electron chi connectivity index (χ1n) is 8.23. The third kappa shape index (κ3) is 3.90. The van der Waals surface area contributed by atoms with Gasteiger partial charge < -0.3 is 9.73 Å². The summed E-state index contributed by atoms with van der Waals surface area (Å²) in [5, 5.41) is 4.70. The fourth-order valence-corrected chi connectivity index (χ4v) is 3.91. The lowest BCUT2D eigenvalue weighted by atomic mass is 10.2. The highest BCUT2D eigenvalue weighted by Gasteiger charge is 2.19. The number of carbonyl (C=O) groups is 1. The fourth-order valence-electron chi connectivity index (χ4n) is 2.43. The van der Waals surface area contributed by atoms with E-state index in [0.29, 0.717) is 27.2 Å². The second kappa shape index (κ2) is 7.69. The third-order valence-electron chi connectivity index (χ3n) is 3.87. The van der Waals surface area contributed by atoms with E-state index < -0.39 is 16.9 Å². The van der Waals surface area contributed by atoms with Crippen molar-refractivity contribution in [3.63, 3.8) is 0 Å². The van der Waals surface area contributed by atoms with Gasteiger partial charge in [0.25, 0.3) is 5.22 Å². The summed E-state index contributed by atoms with van der Waals surface area (Å²) in [4.78, 5) is 21.0. The summed E-state index contributed by atoms with van der Waals surface area (Å²) in [5.74, 6) is -2.13. The molecule has 0 aliphatic carbocycles. The van der Waals surface area contributed by atoms with Gasteiger partial charge in [-0.15, -0.1) is 11.3 Å². The van der Waals surface area contributed by atoms with Gasteiger partial charge in [0.15, 0.2) is 22.3 Å². The Labute approximate surface area is 166 Å². The molecule has 2 aromatic heterocycles. The fraction of sp³-hybridized carbons (Fsp3) is 0.105. The lowest BCUT2D eigenvalue weighted by Gasteiger charge is -2.07. The number of thiazole rings is 1. The van der Waals surface area contributed by atoms with Gasteiger partial charge in [-0.05, 0) is 37.3 Å². The average molecular weight is 417 g/mol. The summed E-state index contributed by atoms with van der Waals surface area (Å²) < 4.78 is 32.1. The van der Waals surface area contributed by atoms with E-state index in [-0.39, 0.29) is 5.91 Å². The second-order valence-corrected chi connectivity index (χ2v) is 8.01. The van der Waals surface area contributed by atoms with Crippen molar-refractivity contribution in [1.82, 2.24) is 9.97 Å². The maximum atomic E-state index is 13.4. The molecule has 0 fully saturated rings. The van der Waals surface area contributed by atoms with Gasteiger partial charge in [0.05, 0.1) is 10.9 Å². The van der Waals surface area contributed by atoms with Gasteiger partial charge in [-0.2, -0.15) is 0 Å². The zero-order valence-corrected chi connectivity index (χ0v) is 16.1. The molecule has 5 nitrogen and oxygen atoms in total. The molecule has 9 heteroatoms. The maximum Gasteiger partial charge on any atom is 0.257 e. The van der Waals surface area contributed by atoms with Crippen molar-refractivity contribution >= 4 is 45.2 Å². The molecule has 0 aliphatic heterocycles. The van der Waals surface area contributed by atoms with Crippen LogP contribution in [0.15, 0.2) is 57.5 Å². The molecule has 1 atom stereocenters. The van der Waals surface area contributed by atoms with Crippen LogP contribution in [0.5, 0.6) is 0 Å². The van der Waals surface area contributed by atoms with E-state index in [1.807, 2.05) is 24.3 Å². The molecule has 0 saturated carbocycles. The summed E-state index contributed by atoms with van der Waals surface area (Å²) >= 11 is 2.40. The highest BCUT2D eigenvalue weighted by atomic mass is 32.2. The number of hydrogen-bond donors (Lipinski definition) is 1. The number of benzene rings is 2. The predicted molar refractivity (Wildman–Crippen MR) is 105 cm³/mol. The Morgan fingerprint density at radius 3 is 2.79 bits per heavy atom. The van der Waals surface area contributed by atoms with Crippen molar-refractivity contribution in [2.75, 3.05) is 5.32 Å². The number of hydrogen-bond acceptors (Lipinski definition) is 6. The van der Waals surface area contributed by atoms with Crippen molar-refractivity contribution in [2.45, 2.75) is 17.4 Å². The summed E-state index contributed by atoms with van der Waals surface area (Å²) in [6, 6.07) is 10.9. The number of para-hydroxylation sites is 2. The molecular formula is C19H13F2N3O2S2. The Morgan fingerprint density at radius 1 is 1.18 bits per heavy atom. The quantitative estimate of drug-likeness (QED) is 0.444. The molecule has 4 rings (SSSR count). The van der Waals surface area contributed by atoms with Gasteiger partial charge in [0, 0.05) is 10.9 Å². The molecular weight excluding hydrogens is 404 g/mol. The van der Waals surface area contributed by atoms with E-state index >= 15 is 0 Å². The summed E-state index contributed by atoms with van der Waals surface area (Å²) in [7, 11) is 0. The molecule has 0 spiro atoms. The van der Waals surface area contributed by atoms with E-state index in [1.165, 1.54) is 29.2 Å². The van der Waals surface area contributed by atoms with E-state index in [1.54, 1.807) is 12.3 Å². The van der Waals surface area contributed by atoms with E-state index in [0.717, 1.165) is 17.6 Å². The molecule has 142 valence electrons. The Hall–Kier alpha value is -2.78. The van der Waals surface area contributed by atoms with E-state index in [2.05, 4.69) is 15.3 Å². The number of anilines is 1. The zero-order chi connectivity index (χ0) is 19.7. The molecule has 2 heterocycles. The van der Waals surface area contributed by atoms with Crippen LogP contribution in [-0.2, 0) is 4.79 Å². The van der Waals surface area contributed by atoms with Gasteiger partial charge in [-0.1, -0.05) is 23.9 Å². The van der Waals surface area contributed by atoms with Crippen molar-refractivity contribution in [1.29, 1.82) is 0 Å². The molecule has 0 unspecified atom stereocenters. The monoisotopic (exact) mass is 417 g/mol. The van der Waals surface area contributed by atoms with Crippen LogP contribution in [0.1, 0.15) is 6.92 Å². The molecule has 0 saturated heterocycles. The molecule has 1 amide bonds. The van der Waals surface area contributed by atoms with E-state index in [9.17, 15) is 13.6 Å². The summed E-state index contributed by atoms with van der Waals surface area (Å²) in [5.41, 5.74) is 2.28. The van der Waals surface area contributed by atoms with Crippen molar-refractivity contribution < 1.29 is 18.0 Å². The maximum absolute atomic E-state index is 13.4. The van der Waals surface area contributed by atoms with Crippen LogP contribution < -0.4 is 5.32 Å². The first-order chi connectivity index (χ1) is 13.5. The average Bonchev–Trinajstić information content (AvgIpc) is 3.30. The van der Waals surface area contributed by atoms with Gasteiger partial charge >= 0.3 is 0 Å². The highest BCUT2D eigenvalue weighted by molar-refractivity contribution is 8.00. The Balaban J connectivity index is 1.43. The molecule has 0 aliphatic rings. The number of nitrogens with one attached hydrogen (secondary N) is 1. The minimum Gasteiger partial charge on any atom is -0.431 e. The minimum absolute atomic E-state index is 0.265. The number of oxazole rings is 1. The lowest BCUT2D eigenvalue weighted by Crippen LogP contribution is -2.22. The number of rotatable bonds is 5. The van der Waals surface area contributed by atoms with Crippen LogP contribution in [0.3, 0.4) is 0 Å². The van der Waals surface area contributed by atoms with Gasteiger partial charge in [-0.25, -0.2) is 18.7 Å². The largest absolute Gasteiger partial charge is 0.431 e. The normalized spacial score (nSPS) is 12.2. The van der Waals surface area contributed by atoms with E-state index in [4.69, 9.17) is 4.42 Å². The molecule has 0 radical (unpaired) electrons. The van der Waals surface area contributed by atoms with Crippen LogP contribution in [0.2, 0.25) is 0 Å². The number of aromatic nitrogens is 2. The number of amides is 1. The lowest BCUT2D eigenvalue weighted by molar-refractivity contribution is -0.115. The van der Waals surface area contributed by atoms with Crippen LogP contribution >= 0.6 is 23.1 Å². The number of fused-ring (bicyclic) bond motifs is 1. The summed E-state index contributed by atoms with van der Waals surface area (Å²) in [6.07, 6.45) is 0. The van der Waals surface area contributed by atoms with Gasteiger partial charge in [0.1, 0.15) is 5.52 Å². The second-order valence-electron chi connectivity index (χ2n) is 5.86. The van der Waals surface area contributed by atoms with Crippen LogP contribution in [0.25, 0.3) is 22.4 Å². The van der Waals surface area contributed by atoms with Crippen molar-refractivity contribution in [2.24, 2.45) is 0 Å². The smallest absolute Gasteiger partial charge is 0.257 e. The highest BCUT2D eigenvalue weighted by Crippen LogP contribution is 2.29. The zero-order valence-electron chi connectivity index (χ0n) is 14.5. The predicted octanol–water partition coefficient (Wildman–Crippen LogP) is 5.35. The molecule has 2 aromatic carbocycles. The Morgan fingerprint density at radius 2 is 2.00 bits per heavy atom. The Kier molecular flexibility index (Phi) is 5.10. The number of halogens is 2. The SMILES string of the molecule is C[C@@H](Sc1nc2ccccc2o1)C(=O)Nc1nc(-c2ccc(F)c(F)c2)cs1. The summed E-state index contributed by atoms with van der Waals surface area (Å²) in [6.45, 7) is 1.73. The van der Waals surface area contributed by atoms with Gasteiger partial charge in [0.2, 0.25) is 5.91 Å². The first kappa shape index (κ1) is 18.6. The number of carbonyl (C=O) groups excluding carboxylic acids is 1. The molecule has 1 N–H and O–H groups in total.